The van der Waals surface area contributed by atoms with Crippen LogP contribution in [0.2, 0.25) is 5.02 Å². The Balaban J connectivity index is 1.99. The lowest BCUT2D eigenvalue weighted by atomic mass is 9.96. The van der Waals surface area contributed by atoms with Gasteiger partial charge in [0, 0.05) is 11.6 Å². The molecule has 20 heavy (non-hydrogen) atoms. The van der Waals surface area contributed by atoms with E-state index in [-0.39, 0.29) is 17.1 Å². The number of hydrogen-bond acceptors (Lipinski definition) is 2. The fourth-order valence-corrected chi connectivity index (χ4v) is 2.66. The van der Waals surface area contributed by atoms with Crippen LogP contribution in [0, 0.1) is 0 Å². The van der Waals surface area contributed by atoms with Crippen LogP contribution in [0.3, 0.4) is 0 Å². The summed E-state index contributed by atoms with van der Waals surface area (Å²) in [6, 6.07) is 5.10. The molecule has 6 heteroatoms. The molecule has 0 radical (unpaired) electrons. The number of hydrogen-bond donors (Lipinski definition) is 3. The second-order valence-electron chi connectivity index (χ2n) is 4.99. The molecule has 0 aromatic heterocycles. The van der Waals surface area contributed by atoms with Crippen molar-refractivity contribution in [1.29, 1.82) is 0 Å². The van der Waals surface area contributed by atoms with Crippen LogP contribution in [-0.4, -0.2) is 17.1 Å². The highest BCUT2D eigenvalue weighted by atomic mass is 35.5. The summed E-state index contributed by atoms with van der Waals surface area (Å²) in [6.45, 7) is 0. The van der Waals surface area contributed by atoms with Crippen molar-refractivity contribution in [3.05, 3.63) is 28.8 Å². The van der Waals surface area contributed by atoms with E-state index in [9.17, 15) is 4.79 Å². The van der Waals surface area contributed by atoms with Gasteiger partial charge in [0.05, 0.1) is 10.7 Å². The molecule has 4 nitrogen and oxygen atoms in total. The molecule has 0 aliphatic heterocycles. The summed E-state index contributed by atoms with van der Waals surface area (Å²) in [7, 11) is 0. The fourth-order valence-electron chi connectivity index (χ4n) is 2.37. The second kappa shape index (κ2) is 6.90. The van der Waals surface area contributed by atoms with E-state index in [1.807, 2.05) is 0 Å². The molecule has 1 aliphatic carbocycles. The Kier molecular flexibility index (Phi) is 5.20. The van der Waals surface area contributed by atoms with Crippen LogP contribution in [0.5, 0.6) is 0 Å². The number of carbonyl (C=O) groups is 1. The molecule has 4 N–H and O–H groups in total. The zero-order chi connectivity index (χ0) is 14.5. The van der Waals surface area contributed by atoms with Gasteiger partial charge in [-0.3, -0.25) is 0 Å². The van der Waals surface area contributed by atoms with Crippen molar-refractivity contribution in [3.8, 4) is 0 Å². The van der Waals surface area contributed by atoms with Gasteiger partial charge < -0.3 is 16.4 Å². The second-order valence-corrected chi connectivity index (χ2v) is 5.84. The van der Waals surface area contributed by atoms with E-state index in [1.165, 1.54) is 19.3 Å². The molecule has 0 spiro atoms. The highest BCUT2D eigenvalue weighted by Crippen LogP contribution is 2.23. The third kappa shape index (κ3) is 4.08. The van der Waals surface area contributed by atoms with E-state index >= 15 is 0 Å². The Labute approximate surface area is 129 Å². The number of amides is 2. The first kappa shape index (κ1) is 15.1. The molecule has 1 aliphatic rings. The minimum Gasteiger partial charge on any atom is -0.389 e. The van der Waals surface area contributed by atoms with E-state index in [0.717, 1.165) is 12.8 Å². The summed E-state index contributed by atoms with van der Waals surface area (Å²) < 4.78 is 0. The molecule has 0 bridgehead atoms. The van der Waals surface area contributed by atoms with Gasteiger partial charge in [0.1, 0.15) is 4.99 Å². The van der Waals surface area contributed by atoms with Crippen molar-refractivity contribution >= 4 is 40.5 Å². The number of nitrogens with one attached hydrogen (secondary N) is 2. The Hall–Kier alpha value is -1.33. The van der Waals surface area contributed by atoms with Crippen molar-refractivity contribution < 1.29 is 4.79 Å². The summed E-state index contributed by atoms with van der Waals surface area (Å²) in [4.78, 5) is 12.2. The Morgan fingerprint density at radius 2 is 2.00 bits per heavy atom. The van der Waals surface area contributed by atoms with Crippen molar-refractivity contribution in [2.24, 2.45) is 5.73 Å². The van der Waals surface area contributed by atoms with Crippen LogP contribution < -0.4 is 16.4 Å². The summed E-state index contributed by atoms with van der Waals surface area (Å²) in [5.74, 6) is 0. The molecule has 2 rings (SSSR count). The highest BCUT2D eigenvalue weighted by molar-refractivity contribution is 7.80. The predicted octanol–water partition coefficient (Wildman–Crippen LogP) is 3.43. The fraction of sp³-hybridized carbons (Fsp3) is 0.429. The van der Waals surface area contributed by atoms with Gasteiger partial charge >= 0.3 is 6.03 Å². The molecule has 108 valence electrons. The van der Waals surface area contributed by atoms with Crippen LogP contribution >= 0.6 is 23.8 Å². The molecule has 1 fully saturated rings. The lowest BCUT2D eigenvalue weighted by molar-refractivity contribution is 0.244. The van der Waals surface area contributed by atoms with Crippen LogP contribution in [0.1, 0.15) is 37.7 Å². The van der Waals surface area contributed by atoms with Gasteiger partial charge in [-0.25, -0.2) is 4.79 Å². The van der Waals surface area contributed by atoms with Gasteiger partial charge in [-0.15, -0.1) is 0 Å². The molecule has 0 heterocycles. The minimum absolute atomic E-state index is 0.237. The molecule has 1 aromatic rings. The van der Waals surface area contributed by atoms with Crippen molar-refractivity contribution in [2.75, 3.05) is 5.32 Å². The summed E-state index contributed by atoms with van der Waals surface area (Å²) in [6.07, 6.45) is 5.66. The molecule has 2 amide bonds. The third-order valence-corrected chi connectivity index (χ3v) is 4.00. The molecule has 1 aromatic carbocycles. The Morgan fingerprint density at radius 3 is 2.65 bits per heavy atom. The molecule has 1 saturated carbocycles. The van der Waals surface area contributed by atoms with Gasteiger partial charge in [0.15, 0.2) is 0 Å². The lowest BCUT2D eigenvalue weighted by Crippen LogP contribution is -2.39. The predicted molar refractivity (Wildman–Crippen MR) is 86.4 cm³/mol. The summed E-state index contributed by atoms with van der Waals surface area (Å²) in [5.41, 5.74) is 6.77. The van der Waals surface area contributed by atoms with E-state index in [2.05, 4.69) is 10.6 Å². The zero-order valence-corrected chi connectivity index (χ0v) is 12.7. The van der Waals surface area contributed by atoms with E-state index < -0.39 is 0 Å². The number of thiocarbonyl (C=S) groups is 1. The largest absolute Gasteiger partial charge is 0.389 e. The number of carbonyl (C=O) groups excluding carboxylic acids is 1. The summed E-state index contributed by atoms with van der Waals surface area (Å²) in [5, 5.41) is 6.19. The number of nitrogens with two attached hydrogens (primary N) is 1. The first-order valence-corrected chi connectivity index (χ1v) is 7.52. The van der Waals surface area contributed by atoms with Crippen molar-refractivity contribution in [2.45, 2.75) is 38.1 Å². The average Bonchev–Trinajstić information content (AvgIpc) is 2.42. The normalized spacial score (nSPS) is 15.7. The maximum atomic E-state index is 12.0. The van der Waals surface area contributed by atoms with Crippen LogP contribution in [0.15, 0.2) is 18.2 Å². The SMILES string of the molecule is NC(=S)c1ccc(Cl)c(NC(=O)NC2CCCCC2)c1. The smallest absolute Gasteiger partial charge is 0.319 e. The number of halogens is 1. The third-order valence-electron chi connectivity index (χ3n) is 3.44. The minimum atomic E-state index is -0.237. The van der Waals surface area contributed by atoms with Crippen molar-refractivity contribution in [1.82, 2.24) is 5.32 Å². The highest BCUT2D eigenvalue weighted by Gasteiger charge is 2.16. The quantitative estimate of drug-likeness (QED) is 0.749. The first-order chi connectivity index (χ1) is 9.56. The molecule has 0 saturated heterocycles. The zero-order valence-electron chi connectivity index (χ0n) is 11.1. The molecule has 0 unspecified atom stereocenters. The Morgan fingerprint density at radius 1 is 1.30 bits per heavy atom. The van der Waals surface area contributed by atoms with Gasteiger partial charge in [-0.1, -0.05) is 49.1 Å². The van der Waals surface area contributed by atoms with E-state index in [1.54, 1.807) is 18.2 Å². The standard InChI is InChI=1S/C14H18ClN3OS/c15-11-7-6-9(13(16)20)8-12(11)18-14(19)17-10-4-2-1-3-5-10/h6-8,10H,1-5H2,(H2,16,20)(H2,17,18,19). The average molecular weight is 312 g/mol. The Bertz CT molecular complexity index is 515. The number of urea groups is 1. The first-order valence-electron chi connectivity index (χ1n) is 6.73. The van der Waals surface area contributed by atoms with E-state index in [4.69, 9.17) is 29.6 Å². The van der Waals surface area contributed by atoms with Gasteiger partial charge in [-0.05, 0) is 25.0 Å². The van der Waals surface area contributed by atoms with Crippen LogP contribution in [0.4, 0.5) is 10.5 Å². The number of anilines is 1. The maximum Gasteiger partial charge on any atom is 0.319 e. The summed E-state index contributed by atoms with van der Waals surface area (Å²) >= 11 is 11.0. The van der Waals surface area contributed by atoms with Gasteiger partial charge in [-0.2, -0.15) is 0 Å². The molecular weight excluding hydrogens is 294 g/mol. The molecule has 0 atom stereocenters. The van der Waals surface area contributed by atoms with Gasteiger partial charge in [0.2, 0.25) is 0 Å². The number of rotatable bonds is 3. The van der Waals surface area contributed by atoms with Crippen molar-refractivity contribution in [3.63, 3.8) is 0 Å². The van der Waals surface area contributed by atoms with Gasteiger partial charge in [0.25, 0.3) is 0 Å². The van der Waals surface area contributed by atoms with E-state index in [0.29, 0.717) is 16.3 Å². The maximum absolute atomic E-state index is 12.0. The monoisotopic (exact) mass is 311 g/mol. The lowest BCUT2D eigenvalue weighted by Gasteiger charge is -2.23. The molecular formula is C14H18ClN3OS. The van der Waals surface area contributed by atoms with Crippen LogP contribution in [0.25, 0.3) is 0 Å². The number of benzene rings is 1. The van der Waals surface area contributed by atoms with Crippen LogP contribution in [-0.2, 0) is 0 Å². The topological polar surface area (TPSA) is 67.1 Å².